The van der Waals surface area contributed by atoms with E-state index in [9.17, 15) is 0 Å². The third kappa shape index (κ3) is 3.74. The summed E-state index contributed by atoms with van der Waals surface area (Å²) in [5.74, 6) is 3.83. The standard InChI is InChI=1S/C14H28N2/c1-10(2)7-13(8-15)16-9-14(11-3-4-11)12-5-6-12/h10-14,16H,3-9,15H2,1-2H3. The molecule has 94 valence electrons. The van der Waals surface area contributed by atoms with Gasteiger partial charge in [0.15, 0.2) is 0 Å². The molecule has 2 fully saturated rings. The summed E-state index contributed by atoms with van der Waals surface area (Å²) in [6.07, 6.45) is 7.17. The highest BCUT2D eigenvalue weighted by Crippen LogP contribution is 2.48. The molecule has 2 aliphatic rings. The van der Waals surface area contributed by atoms with Crippen LogP contribution in [-0.2, 0) is 0 Å². The van der Waals surface area contributed by atoms with Crippen molar-refractivity contribution in [1.82, 2.24) is 5.32 Å². The van der Waals surface area contributed by atoms with Gasteiger partial charge in [0.25, 0.3) is 0 Å². The van der Waals surface area contributed by atoms with E-state index in [4.69, 9.17) is 5.73 Å². The van der Waals surface area contributed by atoms with Gasteiger partial charge in [0, 0.05) is 12.6 Å². The largest absolute Gasteiger partial charge is 0.329 e. The highest BCUT2D eigenvalue weighted by atomic mass is 14.9. The quantitative estimate of drug-likeness (QED) is 0.664. The van der Waals surface area contributed by atoms with Crippen LogP contribution in [0.15, 0.2) is 0 Å². The van der Waals surface area contributed by atoms with Crippen molar-refractivity contribution in [1.29, 1.82) is 0 Å². The second-order valence-corrected chi connectivity index (χ2v) is 6.31. The Balaban J connectivity index is 1.70. The van der Waals surface area contributed by atoms with Gasteiger partial charge in [0.1, 0.15) is 0 Å². The van der Waals surface area contributed by atoms with Crippen LogP contribution in [-0.4, -0.2) is 19.1 Å². The van der Waals surface area contributed by atoms with Gasteiger partial charge in [-0.2, -0.15) is 0 Å². The first-order valence-electron chi connectivity index (χ1n) is 7.14. The van der Waals surface area contributed by atoms with Gasteiger partial charge in [-0.05, 0) is 62.3 Å². The van der Waals surface area contributed by atoms with Gasteiger partial charge in [-0.15, -0.1) is 0 Å². The Hall–Kier alpha value is -0.0800. The fourth-order valence-corrected chi connectivity index (χ4v) is 2.90. The lowest BCUT2D eigenvalue weighted by molar-refractivity contribution is 0.335. The van der Waals surface area contributed by atoms with Gasteiger partial charge in [0.05, 0.1) is 0 Å². The molecule has 0 aromatic carbocycles. The molecule has 0 aromatic heterocycles. The topological polar surface area (TPSA) is 38.0 Å². The van der Waals surface area contributed by atoms with Crippen LogP contribution in [0.4, 0.5) is 0 Å². The maximum Gasteiger partial charge on any atom is 0.0192 e. The van der Waals surface area contributed by atoms with Gasteiger partial charge < -0.3 is 11.1 Å². The lowest BCUT2D eigenvalue weighted by Gasteiger charge is -2.23. The summed E-state index contributed by atoms with van der Waals surface area (Å²) in [6, 6.07) is 0.542. The van der Waals surface area contributed by atoms with E-state index >= 15 is 0 Å². The molecule has 2 aliphatic carbocycles. The molecule has 2 heteroatoms. The van der Waals surface area contributed by atoms with Crippen LogP contribution in [0.1, 0.15) is 46.0 Å². The molecule has 2 saturated carbocycles. The van der Waals surface area contributed by atoms with Crippen LogP contribution < -0.4 is 11.1 Å². The van der Waals surface area contributed by atoms with Crippen molar-refractivity contribution in [3.63, 3.8) is 0 Å². The normalized spacial score (nSPS) is 23.1. The Kier molecular flexibility index (Phi) is 4.26. The van der Waals surface area contributed by atoms with Crippen LogP contribution in [0.5, 0.6) is 0 Å². The average molecular weight is 224 g/mol. The van der Waals surface area contributed by atoms with E-state index in [2.05, 4.69) is 19.2 Å². The Morgan fingerprint density at radius 1 is 1.12 bits per heavy atom. The SMILES string of the molecule is CC(C)CC(CN)NCC(C1CC1)C1CC1. The molecule has 0 radical (unpaired) electrons. The fourth-order valence-electron chi connectivity index (χ4n) is 2.90. The maximum atomic E-state index is 5.83. The van der Waals surface area contributed by atoms with E-state index in [-0.39, 0.29) is 0 Å². The second-order valence-electron chi connectivity index (χ2n) is 6.31. The van der Waals surface area contributed by atoms with Gasteiger partial charge in [-0.25, -0.2) is 0 Å². The molecule has 1 unspecified atom stereocenters. The number of nitrogens with one attached hydrogen (secondary N) is 1. The number of nitrogens with two attached hydrogens (primary N) is 1. The molecule has 0 heterocycles. The average Bonchev–Trinajstić information content (AvgIpc) is 3.09. The Labute approximate surface area is 100 Å². The highest BCUT2D eigenvalue weighted by Gasteiger charge is 2.41. The highest BCUT2D eigenvalue weighted by molar-refractivity contribution is 4.93. The first-order chi connectivity index (χ1) is 7.70. The maximum absolute atomic E-state index is 5.83. The van der Waals surface area contributed by atoms with Crippen LogP contribution in [0.3, 0.4) is 0 Å². The molecule has 0 saturated heterocycles. The van der Waals surface area contributed by atoms with Gasteiger partial charge in [-0.3, -0.25) is 0 Å². The second kappa shape index (κ2) is 5.50. The van der Waals surface area contributed by atoms with E-state index < -0.39 is 0 Å². The third-order valence-corrected chi connectivity index (χ3v) is 4.14. The minimum absolute atomic E-state index is 0.542. The summed E-state index contributed by atoms with van der Waals surface area (Å²) in [7, 11) is 0. The Bertz CT molecular complexity index is 195. The summed E-state index contributed by atoms with van der Waals surface area (Å²) in [5, 5.41) is 3.72. The van der Waals surface area contributed by atoms with Crippen molar-refractivity contribution in [3.8, 4) is 0 Å². The van der Waals surface area contributed by atoms with E-state index in [1.165, 1.54) is 38.6 Å². The molecule has 2 nitrogen and oxygen atoms in total. The smallest absolute Gasteiger partial charge is 0.0192 e. The summed E-state index contributed by atoms with van der Waals surface area (Å²) < 4.78 is 0. The van der Waals surface area contributed by atoms with Crippen LogP contribution in [0.25, 0.3) is 0 Å². The summed E-state index contributed by atoms with van der Waals surface area (Å²) in [5.41, 5.74) is 5.83. The zero-order valence-corrected chi connectivity index (χ0v) is 10.9. The summed E-state index contributed by atoms with van der Waals surface area (Å²) >= 11 is 0. The monoisotopic (exact) mass is 224 g/mol. The molecule has 1 atom stereocenters. The molecular weight excluding hydrogens is 196 g/mol. The van der Waals surface area contributed by atoms with E-state index in [0.29, 0.717) is 6.04 Å². The Morgan fingerprint density at radius 2 is 1.69 bits per heavy atom. The minimum Gasteiger partial charge on any atom is -0.329 e. The first-order valence-corrected chi connectivity index (χ1v) is 7.14. The van der Waals surface area contributed by atoms with Gasteiger partial charge in [0.2, 0.25) is 0 Å². The Morgan fingerprint density at radius 3 is 2.06 bits per heavy atom. The molecule has 0 bridgehead atoms. The van der Waals surface area contributed by atoms with Crippen molar-refractivity contribution >= 4 is 0 Å². The van der Waals surface area contributed by atoms with Crippen molar-refractivity contribution < 1.29 is 0 Å². The minimum atomic E-state index is 0.542. The molecule has 0 amide bonds. The summed E-state index contributed by atoms with van der Waals surface area (Å²) in [6.45, 7) is 6.58. The summed E-state index contributed by atoms with van der Waals surface area (Å²) in [4.78, 5) is 0. The molecule has 0 spiro atoms. The predicted octanol–water partition coefficient (Wildman–Crippen LogP) is 2.39. The van der Waals surface area contributed by atoms with Crippen LogP contribution in [0, 0.1) is 23.7 Å². The molecule has 3 N–H and O–H groups in total. The molecular formula is C14H28N2. The molecule has 2 rings (SSSR count). The van der Waals surface area contributed by atoms with Crippen molar-refractivity contribution in [2.75, 3.05) is 13.1 Å². The molecule has 0 aromatic rings. The fraction of sp³-hybridized carbons (Fsp3) is 1.00. The van der Waals surface area contributed by atoms with Crippen LogP contribution in [0.2, 0.25) is 0 Å². The molecule has 0 aliphatic heterocycles. The van der Waals surface area contributed by atoms with E-state index in [0.717, 1.165) is 30.2 Å². The zero-order valence-electron chi connectivity index (χ0n) is 10.9. The number of rotatable bonds is 8. The first kappa shape index (κ1) is 12.4. The third-order valence-electron chi connectivity index (χ3n) is 4.14. The van der Waals surface area contributed by atoms with Crippen molar-refractivity contribution in [2.45, 2.75) is 52.0 Å². The van der Waals surface area contributed by atoms with Crippen molar-refractivity contribution in [2.24, 2.45) is 29.4 Å². The van der Waals surface area contributed by atoms with Gasteiger partial charge >= 0.3 is 0 Å². The zero-order chi connectivity index (χ0) is 11.5. The number of hydrogen-bond donors (Lipinski definition) is 2. The van der Waals surface area contributed by atoms with E-state index in [1.54, 1.807) is 0 Å². The van der Waals surface area contributed by atoms with Gasteiger partial charge in [-0.1, -0.05) is 13.8 Å². The number of hydrogen-bond acceptors (Lipinski definition) is 2. The van der Waals surface area contributed by atoms with E-state index in [1.807, 2.05) is 0 Å². The molecule has 16 heavy (non-hydrogen) atoms. The predicted molar refractivity (Wildman–Crippen MR) is 69.2 cm³/mol. The van der Waals surface area contributed by atoms with Crippen LogP contribution >= 0.6 is 0 Å². The van der Waals surface area contributed by atoms with Crippen molar-refractivity contribution in [3.05, 3.63) is 0 Å². The lowest BCUT2D eigenvalue weighted by atomic mass is 9.96. The lowest BCUT2D eigenvalue weighted by Crippen LogP contribution is -2.40.